The number of rotatable bonds is 6. The first-order chi connectivity index (χ1) is 14.4. The number of para-hydroxylation sites is 2. The van der Waals surface area contributed by atoms with Crippen molar-refractivity contribution in [3.8, 4) is 5.69 Å². The summed E-state index contributed by atoms with van der Waals surface area (Å²) < 4.78 is 1.26. The van der Waals surface area contributed by atoms with Crippen LogP contribution in [0.5, 0.6) is 0 Å². The molecular weight excluding hydrogens is 384 g/mol. The van der Waals surface area contributed by atoms with E-state index in [9.17, 15) is 19.7 Å². The predicted octanol–water partition coefficient (Wildman–Crippen LogP) is 2.91. The fourth-order valence-electron chi connectivity index (χ4n) is 3.59. The van der Waals surface area contributed by atoms with Crippen LogP contribution in [0.3, 0.4) is 0 Å². The SMILES string of the molecule is Cc1cc(=O)c(C(=O)NCC2(c3ccccc3)CC2)nn1-c1ccccc1[N+](=O)[O-]. The van der Waals surface area contributed by atoms with Crippen molar-refractivity contribution < 1.29 is 9.72 Å². The Morgan fingerprint density at radius 1 is 1.17 bits per heavy atom. The molecule has 8 heteroatoms. The van der Waals surface area contributed by atoms with Gasteiger partial charge >= 0.3 is 0 Å². The second-order valence-corrected chi connectivity index (χ2v) is 7.49. The quantitative estimate of drug-likeness (QED) is 0.502. The van der Waals surface area contributed by atoms with Crippen molar-refractivity contribution in [2.75, 3.05) is 6.54 Å². The van der Waals surface area contributed by atoms with Gasteiger partial charge in [0.2, 0.25) is 5.43 Å². The zero-order valence-corrected chi connectivity index (χ0v) is 16.4. The summed E-state index contributed by atoms with van der Waals surface area (Å²) in [6.45, 7) is 2.01. The molecule has 1 heterocycles. The molecular formula is C22H20N4O4. The van der Waals surface area contributed by atoms with Gasteiger partial charge in [-0.25, -0.2) is 4.68 Å². The number of nitrogens with one attached hydrogen (secondary N) is 1. The average Bonchev–Trinajstić information content (AvgIpc) is 3.54. The number of nitro benzene ring substituents is 1. The van der Waals surface area contributed by atoms with Gasteiger partial charge in [0.15, 0.2) is 5.69 Å². The van der Waals surface area contributed by atoms with Crippen LogP contribution >= 0.6 is 0 Å². The zero-order chi connectivity index (χ0) is 21.3. The highest BCUT2D eigenvalue weighted by molar-refractivity contribution is 5.92. The lowest BCUT2D eigenvalue weighted by Crippen LogP contribution is -2.36. The molecule has 8 nitrogen and oxygen atoms in total. The van der Waals surface area contributed by atoms with E-state index in [1.807, 2.05) is 30.3 Å². The largest absolute Gasteiger partial charge is 0.350 e. The Bertz CT molecular complexity index is 1180. The van der Waals surface area contributed by atoms with E-state index in [4.69, 9.17) is 0 Å². The van der Waals surface area contributed by atoms with Gasteiger partial charge in [0, 0.05) is 29.8 Å². The van der Waals surface area contributed by atoms with Gasteiger partial charge < -0.3 is 5.32 Å². The van der Waals surface area contributed by atoms with Crippen LogP contribution in [0.25, 0.3) is 5.69 Å². The lowest BCUT2D eigenvalue weighted by molar-refractivity contribution is -0.384. The normalized spacial score (nSPS) is 14.2. The summed E-state index contributed by atoms with van der Waals surface area (Å²) in [5, 5.41) is 18.4. The third-order valence-electron chi connectivity index (χ3n) is 5.46. The molecule has 1 saturated carbocycles. The van der Waals surface area contributed by atoms with Gasteiger partial charge in [-0.15, -0.1) is 0 Å². The van der Waals surface area contributed by atoms with Gasteiger partial charge in [0.25, 0.3) is 11.6 Å². The number of aromatic nitrogens is 2. The van der Waals surface area contributed by atoms with E-state index in [1.54, 1.807) is 19.1 Å². The molecule has 152 valence electrons. The van der Waals surface area contributed by atoms with Gasteiger partial charge in [-0.3, -0.25) is 19.7 Å². The van der Waals surface area contributed by atoms with E-state index in [-0.39, 0.29) is 22.5 Å². The second-order valence-electron chi connectivity index (χ2n) is 7.49. The number of aryl methyl sites for hydroxylation is 1. The van der Waals surface area contributed by atoms with Gasteiger partial charge in [0.1, 0.15) is 5.69 Å². The summed E-state index contributed by atoms with van der Waals surface area (Å²) in [5.74, 6) is -0.588. The second kappa shape index (κ2) is 7.55. The van der Waals surface area contributed by atoms with Crippen molar-refractivity contribution in [1.82, 2.24) is 15.1 Å². The molecule has 0 spiro atoms. The number of nitro groups is 1. The maximum absolute atomic E-state index is 12.8. The molecule has 0 radical (unpaired) electrons. The van der Waals surface area contributed by atoms with E-state index in [1.165, 1.54) is 22.9 Å². The van der Waals surface area contributed by atoms with E-state index in [0.29, 0.717) is 12.2 Å². The summed E-state index contributed by atoms with van der Waals surface area (Å²) in [7, 11) is 0. The molecule has 0 saturated heterocycles. The highest BCUT2D eigenvalue weighted by atomic mass is 16.6. The monoisotopic (exact) mass is 404 g/mol. The number of amides is 1. The average molecular weight is 404 g/mol. The summed E-state index contributed by atoms with van der Waals surface area (Å²) in [4.78, 5) is 36.0. The fourth-order valence-corrected chi connectivity index (χ4v) is 3.59. The predicted molar refractivity (Wildman–Crippen MR) is 111 cm³/mol. The third-order valence-corrected chi connectivity index (χ3v) is 5.46. The highest BCUT2D eigenvalue weighted by Crippen LogP contribution is 2.47. The molecule has 1 amide bonds. The Balaban J connectivity index is 1.62. The van der Waals surface area contributed by atoms with Crippen LogP contribution in [0.1, 0.15) is 34.6 Å². The van der Waals surface area contributed by atoms with Gasteiger partial charge in [0.05, 0.1) is 4.92 Å². The zero-order valence-electron chi connectivity index (χ0n) is 16.4. The van der Waals surface area contributed by atoms with Crippen LogP contribution in [0.4, 0.5) is 5.69 Å². The van der Waals surface area contributed by atoms with Crippen molar-refractivity contribution in [2.45, 2.75) is 25.2 Å². The molecule has 4 rings (SSSR count). The minimum absolute atomic E-state index is 0.112. The van der Waals surface area contributed by atoms with E-state index >= 15 is 0 Å². The van der Waals surface area contributed by atoms with Crippen LogP contribution in [0.15, 0.2) is 65.5 Å². The molecule has 1 aromatic heterocycles. The van der Waals surface area contributed by atoms with Crippen LogP contribution < -0.4 is 10.7 Å². The minimum Gasteiger partial charge on any atom is -0.350 e. The summed E-state index contributed by atoms with van der Waals surface area (Å²) >= 11 is 0. The van der Waals surface area contributed by atoms with E-state index in [2.05, 4.69) is 10.4 Å². The molecule has 0 aliphatic heterocycles. The first kappa shape index (κ1) is 19.5. The van der Waals surface area contributed by atoms with Crippen LogP contribution in [0, 0.1) is 17.0 Å². The number of hydrogen-bond acceptors (Lipinski definition) is 5. The number of carbonyl (C=O) groups excluding carboxylic acids is 1. The molecule has 3 aromatic rings. The van der Waals surface area contributed by atoms with Gasteiger partial charge in [-0.1, -0.05) is 42.5 Å². The van der Waals surface area contributed by atoms with Crippen LogP contribution in [0.2, 0.25) is 0 Å². The molecule has 0 unspecified atom stereocenters. The molecule has 0 atom stereocenters. The summed E-state index contributed by atoms with van der Waals surface area (Å²) in [6.07, 6.45) is 1.91. The third kappa shape index (κ3) is 3.59. The topological polar surface area (TPSA) is 107 Å². The maximum Gasteiger partial charge on any atom is 0.294 e. The van der Waals surface area contributed by atoms with Crippen LogP contribution in [-0.2, 0) is 5.41 Å². The molecule has 30 heavy (non-hydrogen) atoms. The summed E-state index contributed by atoms with van der Waals surface area (Å²) in [5.41, 5.74) is 0.653. The van der Waals surface area contributed by atoms with Crippen molar-refractivity contribution in [3.05, 3.63) is 98.0 Å². The number of carbonyl (C=O) groups is 1. The Hall–Kier alpha value is -3.81. The van der Waals surface area contributed by atoms with Gasteiger partial charge in [-0.2, -0.15) is 5.10 Å². The smallest absolute Gasteiger partial charge is 0.294 e. The van der Waals surface area contributed by atoms with E-state index in [0.717, 1.165) is 18.4 Å². The maximum atomic E-state index is 12.8. The van der Waals surface area contributed by atoms with Crippen molar-refractivity contribution >= 4 is 11.6 Å². The lowest BCUT2D eigenvalue weighted by atomic mass is 9.96. The Morgan fingerprint density at radius 2 is 1.83 bits per heavy atom. The standard InChI is InChI=1S/C22H20N4O4/c1-15-13-19(27)20(24-25(15)17-9-5-6-10-18(17)26(29)30)21(28)23-14-22(11-12-22)16-7-3-2-4-8-16/h2-10,13H,11-12,14H2,1H3,(H,23,28). The first-order valence-corrected chi connectivity index (χ1v) is 9.60. The number of hydrogen-bond donors (Lipinski definition) is 1. The number of nitrogens with zero attached hydrogens (tertiary/aromatic N) is 3. The van der Waals surface area contributed by atoms with Crippen molar-refractivity contribution in [3.63, 3.8) is 0 Å². The van der Waals surface area contributed by atoms with Gasteiger partial charge in [-0.05, 0) is 31.4 Å². The Kier molecular flexibility index (Phi) is 4.91. The fraction of sp³-hybridized carbons (Fsp3) is 0.227. The lowest BCUT2D eigenvalue weighted by Gasteiger charge is -2.17. The van der Waals surface area contributed by atoms with Crippen molar-refractivity contribution in [1.29, 1.82) is 0 Å². The molecule has 1 fully saturated rings. The Morgan fingerprint density at radius 3 is 2.50 bits per heavy atom. The van der Waals surface area contributed by atoms with E-state index < -0.39 is 16.3 Å². The molecule has 2 aromatic carbocycles. The number of benzene rings is 2. The molecule has 0 bridgehead atoms. The highest BCUT2D eigenvalue weighted by Gasteiger charge is 2.44. The molecule has 1 aliphatic carbocycles. The minimum atomic E-state index is -0.588. The molecule has 1 aliphatic rings. The Labute approximate surface area is 172 Å². The van der Waals surface area contributed by atoms with Crippen molar-refractivity contribution in [2.24, 2.45) is 0 Å². The molecule has 1 N–H and O–H groups in total. The van der Waals surface area contributed by atoms with Crippen LogP contribution in [-0.4, -0.2) is 27.2 Å². The summed E-state index contributed by atoms with van der Waals surface area (Å²) in [6, 6.07) is 17.3. The first-order valence-electron chi connectivity index (χ1n) is 9.60.